The van der Waals surface area contributed by atoms with Crippen LogP contribution in [0.15, 0.2) is 47.4 Å². The Kier molecular flexibility index (Phi) is 5.94. The number of non-ortho nitro benzene ring substituents is 1. The molecule has 1 saturated heterocycles. The van der Waals surface area contributed by atoms with Crippen LogP contribution in [0.3, 0.4) is 0 Å². The standard InChI is InChI=1S/C17H16ClN3O6S/c18-15-11-13(21(23)24)4-5-16(15)19-17(22)12-2-1-3-14(10-12)28(25,26)20-6-8-27-9-7-20/h1-5,10-11H,6-9H2,(H,19,22). The number of ether oxygens (including phenoxy) is 1. The van der Waals surface area contributed by atoms with Crippen molar-refractivity contribution in [2.24, 2.45) is 0 Å². The van der Waals surface area contributed by atoms with Crippen molar-refractivity contribution in [2.75, 3.05) is 31.6 Å². The number of hydrogen-bond acceptors (Lipinski definition) is 6. The van der Waals surface area contributed by atoms with Gasteiger partial charge in [0.15, 0.2) is 0 Å². The minimum Gasteiger partial charge on any atom is -0.379 e. The molecule has 0 aromatic heterocycles. The van der Waals surface area contributed by atoms with Gasteiger partial charge in [-0.2, -0.15) is 4.31 Å². The molecule has 1 heterocycles. The van der Waals surface area contributed by atoms with Gasteiger partial charge in [-0.25, -0.2) is 8.42 Å². The highest BCUT2D eigenvalue weighted by molar-refractivity contribution is 7.89. The summed E-state index contributed by atoms with van der Waals surface area (Å²) in [5.74, 6) is -0.588. The van der Waals surface area contributed by atoms with Crippen molar-refractivity contribution in [1.82, 2.24) is 4.31 Å². The molecule has 0 radical (unpaired) electrons. The Morgan fingerprint density at radius 1 is 1.18 bits per heavy atom. The monoisotopic (exact) mass is 425 g/mol. The first-order valence-electron chi connectivity index (χ1n) is 8.22. The number of morpholine rings is 1. The SMILES string of the molecule is O=C(Nc1ccc([N+](=O)[O-])cc1Cl)c1cccc(S(=O)(=O)N2CCOCC2)c1. The molecule has 3 rings (SSSR count). The predicted molar refractivity (Wildman–Crippen MR) is 102 cm³/mol. The Bertz CT molecular complexity index is 1020. The van der Waals surface area contributed by atoms with E-state index in [0.29, 0.717) is 13.2 Å². The number of amides is 1. The van der Waals surface area contributed by atoms with Crippen LogP contribution in [-0.2, 0) is 14.8 Å². The van der Waals surface area contributed by atoms with Crippen LogP contribution in [0.2, 0.25) is 5.02 Å². The van der Waals surface area contributed by atoms with Crippen molar-refractivity contribution >= 4 is 38.9 Å². The van der Waals surface area contributed by atoms with Crippen molar-refractivity contribution < 1.29 is 22.9 Å². The Morgan fingerprint density at radius 2 is 1.89 bits per heavy atom. The maximum absolute atomic E-state index is 12.7. The van der Waals surface area contributed by atoms with E-state index in [0.717, 1.165) is 6.07 Å². The molecule has 1 N–H and O–H groups in total. The molecule has 9 nitrogen and oxygen atoms in total. The number of carbonyl (C=O) groups excluding carboxylic acids is 1. The summed E-state index contributed by atoms with van der Waals surface area (Å²) >= 11 is 5.98. The van der Waals surface area contributed by atoms with Crippen LogP contribution in [0.1, 0.15) is 10.4 Å². The second-order valence-electron chi connectivity index (χ2n) is 5.92. The Labute approximate surface area is 166 Å². The first kappa shape index (κ1) is 20.2. The Balaban J connectivity index is 1.82. The van der Waals surface area contributed by atoms with E-state index in [2.05, 4.69) is 5.32 Å². The number of nitro groups is 1. The second-order valence-corrected chi connectivity index (χ2v) is 8.26. The number of anilines is 1. The van der Waals surface area contributed by atoms with E-state index < -0.39 is 20.9 Å². The third-order valence-corrected chi connectivity index (χ3v) is 6.32. The highest BCUT2D eigenvalue weighted by atomic mass is 35.5. The second kappa shape index (κ2) is 8.23. The molecular weight excluding hydrogens is 410 g/mol. The van der Waals surface area contributed by atoms with Crippen LogP contribution in [0.25, 0.3) is 0 Å². The van der Waals surface area contributed by atoms with Crippen LogP contribution in [0.4, 0.5) is 11.4 Å². The smallest absolute Gasteiger partial charge is 0.271 e. The highest BCUT2D eigenvalue weighted by Gasteiger charge is 2.27. The molecular formula is C17H16ClN3O6S. The third-order valence-electron chi connectivity index (χ3n) is 4.12. The van der Waals surface area contributed by atoms with Crippen LogP contribution in [-0.4, -0.2) is 49.9 Å². The van der Waals surface area contributed by atoms with Gasteiger partial charge in [0.1, 0.15) is 0 Å². The number of nitrogens with zero attached hydrogens (tertiary/aromatic N) is 2. The zero-order valence-corrected chi connectivity index (χ0v) is 16.1. The van der Waals surface area contributed by atoms with Gasteiger partial charge >= 0.3 is 0 Å². The van der Waals surface area contributed by atoms with Crippen LogP contribution in [0.5, 0.6) is 0 Å². The molecule has 1 aliphatic heterocycles. The molecule has 0 bridgehead atoms. The summed E-state index contributed by atoms with van der Waals surface area (Å²) in [6, 6.07) is 9.27. The lowest BCUT2D eigenvalue weighted by Gasteiger charge is -2.26. The summed E-state index contributed by atoms with van der Waals surface area (Å²) in [5, 5.41) is 13.3. The summed E-state index contributed by atoms with van der Waals surface area (Å²) in [7, 11) is -3.74. The highest BCUT2D eigenvalue weighted by Crippen LogP contribution is 2.27. The number of sulfonamides is 1. The van der Waals surface area contributed by atoms with Crippen molar-refractivity contribution in [3.63, 3.8) is 0 Å². The lowest BCUT2D eigenvalue weighted by Crippen LogP contribution is -2.40. The lowest BCUT2D eigenvalue weighted by atomic mass is 10.2. The fraction of sp³-hybridized carbons (Fsp3) is 0.235. The van der Waals surface area contributed by atoms with Gasteiger partial charge in [0.05, 0.1) is 33.7 Å². The summed E-state index contributed by atoms with van der Waals surface area (Å²) in [5.41, 5.74) is 0.0871. The maximum atomic E-state index is 12.7. The zero-order chi connectivity index (χ0) is 20.3. The number of hydrogen-bond donors (Lipinski definition) is 1. The van der Waals surface area contributed by atoms with E-state index in [9.17, 15) is 23.3 Å². The van der Waals surface area contributed by atoms with E-state index in [1.165, 1.54) is 40.7 Å². The van der Waals surface area contributed by atoms with Crippen molar-refractivity contribution in [2.45, 2.75) is 4.90 Å². The molecule has 2 aromatic rings. The van der Waals surface area contributed by atoms with Gasteiger partial charge in [0, 0.05) is 30.8 Å². The zero-order valence-electron chi connectivity index (χ0n) is 14.5. The van der Waals surface area contributed by atoms with Crippen LogP contribution >= 0.6 is 11.6 Å². The molecule has 1 aliphatic rings. The van der Waals surface area contributed by atoms with Crippen molar-refractivity contribution in [3.05, 3.63) is 63.2 Å². The number of benzene rings is 2. The van der Waals surface area contributed by atoms with Gasteiger partial charge in [0.25, 0.3) is 11.6 Å². The first-order chi connectivity index (χ1) is 13.3. The van der Waals surface area contributed by atoms with Crippen LogP contribution < -0.4 is 5.32 Å². The van der Waals surface area contributed by atoms with Crippen LogP contribution in [0, 0.1) is 10.1 Å². The number of nitro benzene ring substituents is 1. The molecule has 1 fully saturated rings. The van der Waals surface area contributed by atoms with Gasteiger partial charge in [0.2, 0.25) is 10.0 Å². The number of carbonyl (C=O) groups is 1. The Morgan fingerprint density at radius 3 is 2.54 bits per heavy atom. The minimum absolute atomic E-state index is 0.000331. The lowest BCUT2D eigenvalue weighted by molar-refractivity contribution is -0.384. The summed E-state index contributed by atoms with van der Waals surface area (Å²) in [6.07, 6.45) is 0. The van der Waals surface area contributed by atoms with Crippen molar-refractivity contribution in [3.8, 4) is 0 Å². The van der Waals surface area contributed by atoms with Gasteiger partial charge in [-0.05, 0) is 24.3 Å². The molecule has 2 aromatic carbocycles. The molecule has 0 aliphatic carbocycles. The van der Waals surface area contributed by atoms with Gasteiger partial charge in [-0.1, -0.05) is 17.7 Å². The van der Waals surface area contributed by atoms with E-state index in [1.54, 1.807) is 0 Å². The maximum Gasteiger partial charge on any atom is 0.271 e. The normalized spacial score (nSPS) is 15.2. The molecule has 1 amide bonds. The van der Waals surface area contributed by atoms with E-state index in [4.69, 9.17) is 16.3 Å². The van der Waals surface area contributed by atoms with Gasteiger partial charge in [-0.3, -0.25) is 14.9 Å². The van der Waals surface area contributed by atoms with Gasteiger partial charge in [-0.15, -0.1) is 0 Å². The summed E-state index contributed by atoms with van der Waals surface area (Å²) in [6.45, 7) is 1.13. The molecule has 0 saturated carbocycles. The van der Waals surface area contributed by atoms with E-state index in [-0.39, 0.29) is 39.9 Å². The molecule has 28 heavy (non-hydrogen) atoms. The average Bonchev–Trinajstić information content (AvgIpc) is 2.70. The molecule has 11 heteroatoms. The number of rotatable bonds is 5. The third kappa shape index (κ3) is 4.30. The fourth-order valence-corrected chi connectivity index (χ4v) is 4.32. The minimum atomic E-state index is -3.74. The number of halogens is 1. The fourth-order valence-electron chi connectivity index (χ4n) is 2.65. The van der Waals surface area contributed by atoms with Gasteiger partial charge < -0.3 is 10.1 Å². The first-order valence-corrected chi connectivity index (χ1v) is 10.0. The quantitative estimate of drug-likeness (QED) is 0.580. The largest absolute Gasteiger partial charge is 0.379 e. The summed E-state index contributed by atoms with van der Waals surface area (Å²) < 4.78 is 31.9. The number of nitrogens with one attached hydrogen (secondary N) is 1. The topological polar surface area (TPSA) is 119 Å². The molecule has 0 spiro atoms. The van der Waals surface area contributed by atoms with E-state index in [1.807, 2.05) is 0 Å². The predicted octanol–water partition coefficient (Wildman–Crippen LogP) is 2.52. The molecule has 0 atom stereocenters. The summed E-state index contributed by atoms with van der Waals surface area (Å²) in [4.78, 5) is 22.7. The van der Waals surface area contributed by atoms with Crippen molar-refractivity contribution in [1.29, 1.82) is 0 Å². The average molecular weight is 426 g/mol. The Hall–Kier alpha value is -2.53. The molecule has 148 valence electrons. The molecule has 0 unspecified atom stereocenters. The van der Waals surface area contributed by atoms with E-state index >= 15 is 0 Å².